The summed E-state index contributed by atoms with van der Waals surface area (Å²) < 4.78 is 12.1. The minimum atomic E-state index is -0.691. The minimum absolute atomic E-state index is 0.0247. The Hall–Kier alpha value is -2.36. The summed E-state index contributed by atoms with van der Waals surface area (Å²) in [5, 5.41) is 0. The number of hydrogen-bond acceptors (Lipinski definition) is 4. The maximum atomic E-state index is 13.5. The normalized spacial score (nSPS) is 35.7. The molecule has 0 radical (unpaired) electrons. The van der Waals surface area contributed by atoms with E-state index in [2.05, 4.69) is 13.8 Å². The predicted octanol–water partition coefficient (Wildman–Crippen LogP) is 5.77. The van der Waals surface area contributed by atoms with Crippen LogP contribution in [0.4, 0.5) is 0 Å². The van der Waals surface area contributed by atoms with E-state index in [9.17, 15) is 9.59 Å². The molecule has 4 atom stereocenters. The smallest absolute Gasteiger partial charge is 0.335 e. The molecule has 0 aromatic heterocycles. The molecule has 4 nitrogen and oxygen atoms in total. The van der Waals surface area contributed by atoms with Crippen molar-refractivity contribution in [3.63, 3.8) is 0 Å². The number of carbonyl (C=O) groups excluding carboxylic acids is 2. The first kappa shape index (κ1) is 21.9. The third-order valence-electron chi connectivity index (χ3n) is 7.49. The van der Waals surface area contributed by atoms with Crippen molar-refractivity contribution in [3.05, 3.63) is 58.7 Å². The molecule has 2 bridgehead atoms. The highest BCUT2D eigenvalue weighted by atomic mass is 16.6. The zero-order chi connectivity index (χ0) is 22.6. The summed E-state index contributed by atoms with van der Waals surface area (Å²) >= 11 is 0. The van der Waals surface area contributed by atoms with Gasteiger partial charge in [0.25, 0.3) is 0 Å². The molecule has 4 aliphatic carbocycles. The Kier molecular flexibility index (Phi) is 5.19. The molecule has 31 heavy (non-hydrogen) atoms. The lowest BCUT2D eigenvalue weighted by Crippen LogP contribution is -2.35. The molecule has 0 heterocycles. The van der Waals surface area contributed by atoms with Gasteiger partial charge in [0.15, 0.2) is 0 Å². The summed E-state index contributed by atoms with van der Waals surface area (Å²) in [6.45, 7) is 12.2. The van der Waals surface area contributed by atoms with Gasteiger partial charge in [0.2, 0.25) is 0 Å². The SMILES string of the molecule is CC1=CC(C)(OC(=O)C2=C(C(=O)OC3(C)C=C(C)C=CC3)C3CCC2C3(C)C)CC=C1. The van der Waals surface area contributed by atoms with Crippen molar-refractivity contribution in [2.24, 2.45) is 17.3 Å². The van der Waals surface area contributed by atoms with Gasteiger partial charge in [0, 0.05) is 12.8 Å². The molecule has 0 amide bonds. The number of esters is 2. The molecular weight excluding hydrogens is 388 g/mol. The highest BCUT2D eigenvalue weighted by molar-refractivity contribution is 6.03. The van der Waals surface area contributed by atoms with Crippen LogP contribution < -0.4 is 0 Å². The molecule has 0 spiro atoms. The summed E-state index contributed by atoms with van der Waals surface area (Å²) in [7, 11) is 0. The van der Waals surface area contributed by atoms with E-state index in [4.69, 9.17) is 9.47 Å². The average molecular weight is 423 g/mol. The van der Waals surface area contributed by atoms with E-state index in [0.717, 1.165) is 24.0 Å². The zero-order valence-electron chi connectivity index (χ0n) is 19.6. The Morgan fingerprint density at radius 1 is 0.774 bits per heavy atom. The van der Waals surface area contributed by atoms with Crippen LogP contribution in [0.1, 0.15) is 67.2 Å². The molecule has 4 heteroatoms. The molecule has 4 aliphatic rings. The summed E-state index contributed by atoms with van der Waals surface area (Å²) in [5.41, 5.74) is 1.70. The van der Waals surface area contributed by atoms with Crippen LogP contribution in [0.15, 0.2) is 58.7 Å². The lowest BCUT2D eigenvalue weighted by atomic mass is 9.78. The Morgan fingerprint density at radius 3 is 1.52 bits per heavy atom. The van der Waals surface area contributed by atoms with Gasteiger partial charge in [-0.2, -0.15) is 0 Å². The molecule has 1 fully saturated rings. The first-order chi connectivity index (χ1) is 14.4. The Morgan fingerprint density at radius 2 is 1.16 bits per heavy atom. The number of hydrogen-bond donors (Lipinski definition) is 0. The molecule has 166 valence electrons. The number of ether oxygens (including phenoxy) is 2. The second-order valence-corrected chi connectivity index (χ2v) is 10.7. The number of allylic oxidation sites excluding steroid dienone is 4. The van der Waals surface area contributed by atoms with Gasteiger partial charge in [-0.15, -0.1) is 0 Å². The lowest BCUT2D eigenvalue weighted by molar-refractivity contribution is -0.153. The Labute approximate surface area is 185 Å². The Balaban J connectivity index is 1.65. The zero-order valence-corrected chi connectivity index (χ0v) is 19.6. The van der Waals surface area contributed by atoms with Crippen molar-refractivity contribution in [3.8, 4) is 0 Å². The summed E-state index contributed by atoms with van der Waals surface area (Å²) in [5.74, 6) is -0.683. The highest BCUT2D eigenvalue weighted by Crippen LogP contribution is 2.61. The summed E-state index contributed by atoms with van der Waals surface area (Å²) in [6, 6.07) is 0. The van der Waals surface area contributed by atoms with E-state index in [1.807, 2.05) is 64.2 Å². The largest absolute Gasteiger partial charge is 0.451 e. The molecule has 0 aliphatic heterocycles. The van der Waals surface area contributed by atoms with Crippen molar-refractivity contribution in [2.75, 3.05) is 0 Å². The topological polar surface area (TPSA) is 52.6 Å². The second-order valence-electron chi connectivity index (χ2n) is 10.7. The van der Waals surface area contributed by atoms with Gasteiger partial charge < -0.3 is 9.47 Å². The van der Waals surface area contributed by atoms with Crippen molar-refractivity contribution in [2.45, 2.75) is 78.4 Å². The standard InChI is InChI=1S/C27H34O4/c1-17-9-7-13-26(5,15-17)30-23(28)21-19-11-12-20(25(19,3)4)22(21)24(29)31-27(6)14-8-10-18(2)16-27/h7-10,15-16,19-20H,11-14H2,1-6H3. The fourth-order valence-electron chi connectivity index (χ4n) is 6.04. The first-order valence-electron chi connectivity index (χ1n) is 11.4. The van der Waals surface area contributed by atoms with Crippen LogP contribution in [0.5, 0.6) is 0 Å². The predicted molar refractivity (Wildman–Crippen MR) is 121 cm³/mol. The summed E-state index contributed by atoms with van der Waals surface area (Å²) in [6.07, 6.45) is 15.2. The number of rotatable bonds is 4. The van der Waals surface area contributed by atoms with Gasteiger partial charge in [-0.3, -0.25) is 0 Å². The Bertz CT molecular complexity index is 897. The molecule has 4 rings (SSSR count). The van der Waals surface area contributed by atoms with Crippen LogP contribution in [-0.4, -0.2) is 23.1 Å². The van der Waals surface area contributed by atoms with Gasteiger partial charge in [-0.1, -0.05) is 49.3 Å². The molecule has 4 unspecified atom stereocenters. The molecular formula is C27H34O4. The van der Waals surface area contributed by atoms with Crippen molar-refractivity contribution >= 4 is 11.9 Å². The summed E-state index contributed by atoms with van der Waals surface area (Å²) in [4.78, 5) is 27.0. The van der Waals surface area contributed by atoms with E-state index in [1.54, 1.807) is 0 Å². The van der Waals surface area contributed by atoms with Gasteiger partial charge in [0.05, 0.1) is 11.1 Å². The monoisotopic (exact) mass is 422 g/mol. The number of carbonyl (C=O) groups is 2. The van der Waals surface area contributed by atoms with E-state index in [1.165, 1.54) is 0 Å². The van der Waals surface area contributed by atoms with Crippen molar-refractivity contribution in [1.82, 2.24) is 0 Å². The third-order valence-corrected chi connectivity index (χ3v) is 7.49. The van der Waals surface area contributed by atoms with Crippen LogP contribution >= 0.6 is 0 Å². The van der Waals surface area contributed by atoms with Crippen molar-refractivity contribution in [1.29, 1.82) is 0 Å². The van der Waals surface area contributed by atoms with Gasteiger partial charge in [0.1, 0.15) is 11.2 Å². The average Bonchev–Trinajstić information content (AvgIpc) is 3.05. The molecule has 0 N–H and O–H groups in total. The number of fused-ring (bicyclic) bond motifs is 2. The molecule has 1 saturated carbocycles. The van der Waals surface area contributed by atoms with Crippen LogP contribution in [-0.2, 0) is 19.1 Å². The van der Waals surface area contributed by atoms with Crippen LogP contribution in [0.25, 0.3) is 0 Å². The van der Waals surface area contributed by atoms with Crippen LogP contribution in [0, 0.1) is 17.3 Å². The van der Waals surface area contributed by atoms with Gasteiger partial charge >= 0.3 is 11.9 Å². The fourth-order valence-corrected chi connectivity index (χ4v) is 6.04. The lowest BCUT2D eigenvalue weighted by Gasteiger charge is -2.31. The van der Waals surface area contributed by atoms with E-state index >= 15 is 0 Å². The quantitative estimate of drug-likeness (QED) is 0.540. The van der Waals surface area contributed by atoms with Crippen LogP contribution in [0.2, 0.25) is 0 Å². The molecule has 0 aromatic carbocycles. The maximum absolute atomic E-state index is 13.5. The van der Waals surface area contributed by atoms with Crippen molar-refractivity contribution < 1.29 is 19.1 Å². The third kappa shape index (κ3) is 3.86. The van der Waals surface area contributed by atoms with E-state index in [-0.39, 0.29) is 29.2 Å². The van der Waals surface area contributed by atoms with Gasteiger partial charge in [-0.25, -0.2) is 9.59 Å². The van der Waals surface area contributed by atoms with E-state index in [0.29, 0.717) is 24.0 Å². The molecule has 0 saturated heterocycles. The maximum Gasteiger partial charge on any atom is 0.335 e. The second kappa shape index (κ2) is 7.36. The van der Waals surface area contributed by atoms with Gasteiger partial charge in [-0.05, 0) is 69.9 Å². The highest BCUT2D eigenvalue weighted by Gasteiger charge is 2.58. The van der Waals surface area contributed by atoms with Crippen LogP contribution in [0.3, 0.4) is 0 Å². The molecule has 0 aromatic rings. The fraction of sp³-hybridized carbons (Fsp3) is 0.556. The first-order valence-corrected chi connectivity index (χ1v) is 11.4. The minimum Gasteiger partial charge on any atom is -0.451 e. The van der Waals surface area contributed by atoms with E-state index < -0.39 is 11.2 Å².